The van der Waals surface area contributed by atoms with Gasteiger partial charge in [0, 0.05) is 12.1 Å². The maximum Gasteiger partial charge on any atom is 0.335 e. The highest BCUT2D eigenvalue weighted by atomic mass is 16.7. The molecule has 12 nitrogen and oxygen atoms in total. The first-order valence-corrected chi connectivity index (χ1v) is 10.1. The van der Waals surface area contributed by atoms with Crippen molar-refractivity contribution in [1.29, 1.82) is 0 Å². The topological polar surface area (TPSA) is 192 Å². The molecular formula is C22H22O12. The lowest BCUT2D eigenvalue weighted by atomic mass is 9.95. The molecule has 2 aliphatic heterocycles. The van der Waals surface area contributed by atoms with Crippen molar-refractivity contribution in [2.45, 2.75) is 43.2 Å². The summed E-state index contributed by atoms with van der Waals surface area (Å²) in [7, 11) is 1.39. The summed E-state index contributed by atoms with van der Waals surface area (Å²) in [4.78, 5) is 24.0. The molecule has 0 spiro atoms. The van der Waals surface area contributed by atoms with E-state index in [1.54, 1.807) is 6.07 Å². The van der Waals surface area contributed by atoms with Crippen LogP contribution in [0.4, 0.5) is 0 Å². The molecule has 6 atom stereocenters. The van der Waals surface area contributed by atoms with Crippen LogP contribution in [-0.4, -0.2) is 80.2 Å². The van der Waals surface area contributed by atoms with Gasteiger partial charge in [0.05, 0.1) is 13.5 Å². The molecule has 12 heteroatoms. The summed E-state index contributed by atoms with van der Waals surface area (Å²) in [6.45, 7) is 0. The number of benzene rings is 2. The van der Waals surface area contributed by atoms with Crippen LogP contribution in [0.3, 0.4) is 0 Å². The zero-order valence-corrected chi connectivity index (χ0v) is 17.7. The number of phenolic OH excluding ortho intramolecular Hbond substituents is 2. The Morgan fingerprint density at radius 2 is 1.76 bits per heavy atom. The maximum absolute atomic E-state index is 12.7. The molecule has 0 bridgehead atoms. The van der Waals surface area contributed by atoms with Gasteiger partial charge in [-0.15, -0.1) is 0 Å². The highest BCUT2D eigenvalue weighted by Gasteiger charge is 2.48. The van der Waals surface area contributed by atoms with Crippen molar-refractivity contribution >= 4 is 11.8 Å². The molecule has 1 saturated heterocycles. The van der Waals surface area contributed by atoms with Crippen molar-refractivity contribution in [2.24, 2.45) is 0 Å². The van der Waals surface area contributed by atoms with Gasteiger partial charge in [0.15, 0.2) is 23.4 Å². The van der Waals surface area contributed by atoms with Crippen molar-refractivity contribution in [1.82, 2.24) is 0 Å². The van der Waals surface area contributed by atoms with Gasteiger partial charge in [-0.05, 0) is 17.7 Å². The molecule has 182 valence electrons. The first kappa shape index (κ1) is 23.6. The summed E-state index contributed by atoms with van der Waals surface area (Å²) in [5.74, 6) is -2.67. The quantitative estimate of drug-likeness (QED) is 0.340. The summed E-state index contributed by atoms with van der Waals surface area (Å²) in [6, 6.07) is 6.76. The SMILES string of the molecule is COc1ccc([C@@H]2CC(=O)c3c(O)cc(O[C@H]4O[C@@H](C(=O)O)[C@H](O)[C@@H](O)[C@@H]4O)cc3O2)cc1O. The monoisotopic (exact) mass is 478 g/mol. The van der Waals surface area contributed by atoms with Crippen LogP contribution < -0.4 is 14.2 Å². The number of carbonyl (C=O) groups is 2. The Kier molecular flexibility index (Phi) is 6.23. The average Bonchev–Trinajstić information content (AvgIpc) is 2.78. The molecule has 1 fully saturated rings. The number of carboxylic acids is 1. The van der Waals surface area contributed by atoms with Gasteiger partial charge < -0.3 is 49.6 Å². The molecule has 4 rings (SSSR count). The van der Waals surface area contributed by atoms with Crippen LogP contribution in [0.2, 0.25) is 0 Å². The number of aliphatic carboxylic acids is 1. The van der Waals surface area contributed by atoms with Crippen LogP contribution in [0.1, 0.15) is 28.4 Å². The summed E-state index contributed by atoms with van der Waals surface area (Å²) >= 11 is 0. The van der Waals surface area contributed by atoms with Gasteiger partial charge in [-0.25, -0.2) is 4.79 Å². The summed E-state index contributed by atoms with van der Waals surface area (Å²) in [5, 5.41) is 59.5. The third-order valence-electron chi connectivity index (χ3n) is 5.61. The maximum atomic E-state index is 12.7. The highest BCUT2D eigenvalue weighted by molar-refractivity contribution is 6.02. The number of aromatic hydroxyl groups is 2. The second kappa shape index (κ2) is 8.99. The molecule has 0 radical (unpaired) electrons. The number of fused-ring (bicyclic) bond motifs is 1. The minimum atomic E-state index is -1.90. The number of hydrogen-bond acceptors (Lipinski definition) is 11. The van der Waals surface area contributed by atoms with E-state index in [9.17, 15) is 35.1 Å². The molecule has 2 heterocycles. The Morgan fingerprint density at radius 1 is 1.03 bits per heavy atom. The van der Waals surface area contributed by atoms with Crippen molar-refractivity contribution < 1.29 is 59.2 Å². The molecule has 0 unspecified atom stereocenters. The second-order valence-electron chi connectivity index (χ2n) is 7.83. The lowest BCUT2D eigenvalue weighted by molar-refractivity contribution is -0.271. The Balaban J connectivity index is 1.60. The highest BCUT2D eigenvalue weighted by Crippen LogP contribution is 2.43. The molecule has 34 heavy (non-hydrogen) atoms. The number of ketones is 1. The minimum absolute atomic E-state index is 0.0628. The Morgan fingerprint density at radius 3 is 2.41 bits per heavy atom. The molecule has 0 aromatic heterocycles. The van der Waals surface area contributed by atoms with Gasteiger partial charge in [0.25, 0.3) is 0 Å². The lowest BCUT2D eigenvalue weighted by Gasteiger charge is -2.38. The molecule has 2 aromatic carbocycles. The fourth-order valence-electron chi connectivity index (χ4n) is 3.86. The number of carboxylic acid groups (broad SMARTS) is 1. The lowest BCUT2D eigenvalue weighted by Crippen LogP contribution is -2.61. The molecule has 0 saturated carbocycles. The number of hydrogen-bond donors (Lipinski definition) is 6. The normalized spacial score (nSPS) is 28.5. The number of aliphatic hydroxyl groups is 3. The van der Waals surface area contributed by atoms with Crippen LogP contribution in [-0.2, 0) is 9.53 Å². The Hall–Kier alpha value is -3.58. The minimum Gasteiger partial charge on any atom is -0.507 e. The van der Waals surface area contributed by atoms with Crippen LogP contribution in [0.5, 0.6) is 28.7 Å². The number of methoxy groups -OCH3 is 1. The van der Waals surface area contributed by atoms with Crippen LogP contribution in [0.15, 0.2) is 30.3 Å². The number of aliphatic hydroxyl groups excluding tert-OH is 3. The van der Waals surface area contributed by atoms with Crippen molar-refractivity contribution in [3.05, 3.63) is 41.5 Å². The van der Waals surface area contributed by atoms with E-state index in [4.69, 9.17) is 24.1 Å². The van der Waals surface area contributed by atoms with E-state index in [1.807, 2.05) is 0 Å². The summed E-state index contributed by atoms with van der Waals surface area (Å²) in [5.41, 5.74) is 0.362. The molecule has 0 amide bonds. The number of carbonyl (C=O) groups excluding carboxylic acids is 1. The number of Topliss-reactive ketones (excluding diaryl/α,β-unsaturated/α-hetero) is 1. The van der Waals surface area contributed by atoms with E-state index in [0.29, 0.717) is 5.56 Å². The van der Waals surface area contributed by atoms with Gasteiger partial charge in [0.1, 0.15) is 47.2 Å². The van der Waals surface area contributed by atoms with Gasteiger partial charge in [0.2, 0.25) is 6.29 Å². The third-order valence-corrected chi connectivity index (χ3v) is 5.61. The zero-order valence-electron chi connectivity index (χ0n) is 17.7. The Labute approximate surface area is 192 Å². The largest absolute Gasteiger partial charge is 0.507 e. The number of phenols is 2. The van der Waals surface area contributed by atoms with E-state index < -0.39 is 54.3 Å². The standard InChI is InChI=1S/C22H22O12/c1-31-13-3-2-8(4-10(13)23)14-7-12(25)16-11(24)5-9(6-15(16)33-14)32-22-19(28)17(26)18(27)20(34-22)21(29)30/h2-6,14,17-20,22-24,26-28H,7H2,1H3,(H,29,30)/t14-,17+,18+,19-,20+,22-/m0/s1. The summed E-state index contributed by atoms with van der Waals surface area (Å²) < 4.78 is 21.3. The van der Waals surface area contributed by atoms with E-state index in [0.717, 1.165) is 6.07 Å². The molecule has 6 N–H and O–H groups in total. The van der Waals surface area contributed by atoms with Crippen molar-refractivity contribution in [3.8, 4) is 28.7 Å². The van der Waals surface area contributed by atoms with E-state index >= 15 is 0 Å². The van der Waals surface area contributed by atoms with Gasteiger partial charge >= 0.3 is 5.97 Å². The predicted molar refractivity (Wildman–Crippen MR) is 110 cm³/mol. The molecular weight excluding hydrogens is 456 g/mol. The van der Waals surface area contributed by atoms with Crippen molar-refractivity contribution in [2.75, 3.05) is 7.11 Å². The number of ether oxygens (including phenoxy) is 4. The molecule has 2 aromatic rings. The van der Waals surface area contributed by atoms with E-state index in [-0.39, 0.29) is 35.0 Å². The number of rotatable bonds is 5. The van der Waals surface area contributed by atoms with E-state index in [1.165, 1.54) is 25.3 Å². The first-order valence-electron chi connectivity index (χ1n) is 10.1. The van der Waals surface area contributed by atoms with Crippen LogP contribution >= 0.6 is 0 Å². The predicted octanol–water partition coefficient (Wildman–Crippen LogP) is 0.0839. The fraction of sp³-hybridized carbons (Fsp3) is 0.364. The van der Waals surface area contributed by atoms with Crippen LogP contribution in [0.25, 0.3) is 0 Å². The first-order chi connectivity index (χ1) is 16.1. The van der Waals surface area contributed by atoms with Gasteiger partial charge in [-0.1, -0.05) is 6.07 Å². The molecule has 0 aliphatic carbocycles. The third kappa shape index (κ3) is 4.19. The zero-order chi connectivity index (χ0) is 24.7. The fourth-order valence-corrected chi connectivity index (χ4v) is 3.86. The van der Waals surface area contributed by atoms with Crippen molar-refractivity contribution in [3.63, 3.8) is 0 Å². The summed E-state index contributed by atoms with van der Waals surface area (Å²) in [6.07, 6.45) is -10.1. The smallest absolute Gasteiger partial charge is 0.335 e. The average molecular weight is 478 g/mol. The van der Waals surface area contributed by atoms with Crippen LogP contribution in [0, 0.1) is 0 Å². The van der Waals surface area contributed by atoms with Gasteiger partial charge in [-0.2, -0.15) is 0 Å². The molecule has 2 aliphatic rings. The van der Waals surface area contributed by atoms with E-state index in [2.05, 4.69) is 0 Å². The van der Waals surface area contributed by atoms with Gasteiger partial charge in [-0.3, -0.25) is 4.79 Å². The Bertz CT molecular complexity index is 1120. The second-order valence-corrected chi connectivity index (χ2v) is 7.83.